The van der Waals surface area contributed by atoms with Crippen LogP contribution in [0.4, 0.5) is 14.5 Å². The normalized spacial score (nSPS) is 12.1. The molecule has 0 spiro atoms. The van der Waals surface area contributed by atoms with Gasteiger partial charge in [-0.25, -0.2) is 22.2 Å². The number of rotatable bonds is 8. The van der Waals surface area contributed by atoms with Crippen molar-refractivity contribution in [1.29, 1.82) is 0 Å². The summed E-state index contributed by atoms with van der Waals surface area (Å²) in [5.74, 6) is -2.48. The topological polar surface area (TPSA) is 142 Å². The molecule has 2 amide bonds. The zero-order valence-electron chi connectivity index (χ0n) is 24.6. The molecule has 3 aromatic carbocycles. The van der Waals surface area contributed by atoms with Gasteiger partial charge in [0.25, 0.3) is 11.8 Å². The number of sulfonamides is 1. The predicted molar refractivity (Wildman–Crippen MR) is 165 cm³/mol. The SMILES string of the molecule is CNC(=O)c1c(-c2ccc(F)cc2)oc2cc(N(C)S(C)(=O)=O)c(-c3ccc(O)c(C(=O)NC(C)c4ccc(F)cc4)n3)cc12. The minimum atomic E-state index is -3.83. The van der Waals surface area contributed by atoms with Crippen molar-refractivity contribution in [3.63, 3.8) is 0 Å². The van der Waals surface area contributed by atoms with E-state index >= 15 is 0 Å². The Morgan fingerprint density at radius 3 is 2.18 bits per heavy atom. The fraction of sp³-hybridized carbons (Fsp3) is 0.156. The third-order valence-corrected chi connectivity index (χ3v) is 8.48. The van der Waals surface area contributed by atoms with Crippen LogP contribution in [0, 0.1) is 11.6 Å². The molecule has 232 valence electrons. The smallest absolute Gasteiger partial charge is 0.274 e. The summed E-state index contributed by atoms with van der Waals surface area (Å²) in [4.78, 5) is 30.8. The molecule has 0 radical (unpaired) electrons. The predicted octanol–water partition coefficient (Wildman–Crippen LogP) is 5.39. The van der Waals surface area contributed by atoms with Gasteiger partial charge in [-0.2, -0.15) is 0 Å². The van der Waals surface area contributed by atoms with Crippen LogP contribution in [0.1, 0.15) is 39.4 Å². The maximum atomic E-state index is 13.7. The van der Waals surface area contributed by atoms with Crippen molar-refractivity contribution in [2.24, 2.45) is 0 Å². The Kier molecular flexibility index (Phi) is 8.30. The Hall–Kier alpha value is -5.30. The fourth-order valence-electron chi connectivity index (χ4n) is 4.80. The highest BCUT2D eigenvalue weighted by Crippen LogP contribution is 2.41. The number of aromatic nitrogens is 1. The molecule has 0 aliphatic heterocycles. The van der Waals surface area contributed by atoms with E-state index in [1.165, 1.54) is 86.9 Å². The first-order valence-corrected chi connectivity index (χ1v) is 15.4. The molecule has 2 aromatic heterocycles. The van der Waals surface area contributed by atoms with Crippen molar-refractivity contribution >= 4 is 38.5 Å². The molecule has 2 heterocycles. The van der Waals surface area contributed by atoms with E-state index < -0.39 is 45.3 Å². The summed E-state index contributed by atoms with van der Waals surface area (Å²) in [5, 5.41) is 16.1. The molecule has 5 rings (SSSR count). The lowest BCUT2D eigenvalue weighted by atomic mass is 10.0. The molecule has 0 aliphatic rings. The van der Waals surface area contributed by atoms with Gasteiger partial charge in [0.2, 0.25) is 10.0 Å². The molecule has 0 fully saturated rings. The summed E-state index contributed by atoms with van der Waals surface area (Å²) in [6.07, 6.45) is 1.00. The van der Waals surface area contributed by atoms with Crippen LogP contribution in [0.15, 0.2) is 77.2 Å². The number of halogens is 2. The highest BCUT2D eigenvalue weighted by Gasteiger charge is 2.27. The molecular formula is C32H28F2N4O6S. The highest BCUT2D eigenvalue weighted by molar-refractivity contribution is 7.92. The number of amides is 2. The molecule has 1 unspecified atom stereocenters. The van der Waals surface area contributed by atoms with Gasteiger partial charge in [0.1, 0.15) is 28.7 Å². The number of carbonyl (C=O) groups excluding carboxylic acids is 2. The Bertz CT molecular complexity index is 2050. The third kappa shape index (κ3) is 6.20. The molecule has 13 heteroatoms. The lowest BCUT2D eigenvalue weighted by molar-refractivity contribution is 0.0930. The average Bonchev–Trinajstić information content (AvgIpc) is 3.38. The van der Waals surface area contributed by atoms with Crippen LogP contribution in [0.2, 0.25) is 0 Å². The number of benzene rings is 3. The Morgan fingerprint density at radius 1 is 0.956 bits per heavy atom. The number of nitrogens with one attached hydrogen (secondary N) is 2. The van der Waals surface area contributed by atoms with E-state index in [-0.39, 0.29) is 39.5 Å². The molecule has 5 aromatic rings. The van der Waals surface area contributed by atoms with Crippen LogP contribution >= 0.6 is 0 Å². The quantitative estimate of drug-likeness (QED) is 0.208. The molecule has 45 heavy (non-hydrogen) atoms. The minimum Gasteiger partial charge on any atom is -0.505 e. The van der Waals surface area contributed by atoms with Crippen LogP contribution < -0.4 is 14.9 Å². The van der Waals surface area contributed by atoms with Crippen LogP contribution in [0.25, 0.3) is 33.6 Å². The van der Waals surface area contributed by atoms with Crippen molar-refractivity contribution < 1.29 is 36.3 Å². The summed E-state index contributed by atoms with van der Waals surface area (Å²) < 4.78 is 59.5. The Labute approximate surface area is 257 Å². The first-order chi connectivity index (χ1) is 21.3. The van der Waals surface area contributed by atoms with E-state index in [4.69, 9.17) is 4.42 Å². The van der Waals surface area contributed by atoms with Crippen molar-refractivity contribution in [2.75, 3.05) is 24.7 Å². The van der Waals surface area contributed by atoms with Gasteiger partial charge < -0.3 is 20.2 Å². The number of carbonyl (C=O) groups is 2. The molecule has 1 atom stereocenters. The zero-order valence-corrected chi connectivity index (χ0v) is 25.4. The van der Waals surface area contributed by atoms with Gasteiger partial charge in [0, 0.05) is 36.7 Å². The lowest BCUT2D eigenvalue weighted by Crippen LogP contribution is -2.28. The largest absolute Gasteiger partial charge is 0.505 e. The second kappa shape index (κ2) is 12.0. The second-order valence-corrected chi connectivity index (χ2v) is 12.3. The molecular weight excluding hydrogens is 606 g/mol. The lowest BCUT2D eigenvalue weighted by Gasteiger charge is -2.21. The molecule has 0 aliphatic carbocycles. The van der Waals surface area contributed by atoms with E-state index in [0.717, 1.165) is 10.6 Å². The van der Waals surface area contributed by atoms with Crippen LogP contribution in [-0.4, -0.2) is 50.7 Å². The van der Waals surface area contributed by atoms with E-state index in [1.54, 1.807) is 6.92 Å². The summed E-state index contributed by atoms with van der Waals surface area (Å²) in [5.41, 5.74) is 1.35. The van der Waals surface area contributed by atoms with Gasteiger partial charge in [0.15, 0.2) is 5.69 Å². The maximum absolute atomic E-state index is 13.7. The fourth-order valence-corrected chi connectivity index (χ4v) is 5.31. The van der Waals surface area contributed by atoms with Crippen molar-refractivity contribution in [3.05, 3.63) is 101 Å². The van der Waals surface area contributed by atoms with Gasteiger partial charge in [-0.3, -0.25) is 13.9 Å². The molecule has 10 nitrogen and oxygen atoms in total. The Morgan fingerprint density at radius 2 is 1.58 bits per heavy atom. The summed E-state index contributed by atoms with van der Waals surface area (Å²) in [7, 11) is -1.08. The molecule has 0 bridgehead atoms. The number of fused-ring (bicyclic) bond motifs is 1. The van der Waals surface area contributed by atoms with Gasteiger partial charge in [-0.05, 0) is 67.1 Å². The van der Waals surface area contributed by atoms with Gasteiger partial charge >= 0.3 is 0 Å². The number of aromatic hydroxyl groups is 1. The monoisotopic (exact) mass is 634 g/mol. The van der Waals surface area contributed by atoms with Crippen molar-refractivity contribution in [1.82, 2.24) is 15.6 Å². The first kappa shape index (κ1) is 31.1. The second-order valence-electron chi connectivity index (χ2n) is 10.3. The first-order valence-electron chi connectivity index (χ1n) is 13.6. The number of pyridine rings is 1. The number of anilines is 1. The van der Waals surface area contributed by atoms with E-state index in [9.17, 15) is 31.9 Å². The number of nitrogens with zero attached hydrogens (tertiary/aromatic N) is 2. The molecule has 0 saturated heterocycles. The van der Waals surface area contributed by atoms with Gasteiger partial charge in [-0.1, -0.05) is 12.1 Å². The van der Waals surface area contributed by atoms with Crippen LogP contribution in [0.3, 0.4) is 0 Å². The third-order valence-electron chi connectivity index (χ3n) is 7.29. The number of furan rings is 1. The van der Waals surface area contributed by atoms with Crippen LogP contribution in [-0.2, 0) is 10.0 Å². The van der Waals surface area contributed by atoms with Crippen LogP contribution in [0.5, 0.6) is 5.75 Å². The maximum Gasteiger partial charge on any atom is 0.274 e. The molecule has 0 saturated carbocycles. The summed E-state index contributed by atoms with van der Waals surface area (Å²) >= 11 is 0. The highest BCUT2D eigenvalue weighted by atomic mass is 32.2. The van der Waals surface area contributed by atoms with E-state index in [1.807, 2.05) is 0 Å². The number of hydrogen-bond acceptors (Lipinski definition) is 7. The summed E-state index contributed by atoms with van der Waals surface area (Å²) in [6.45, 7) is 1.68. The van der Waals surface area contributed by atoms with Crippen molar-refractivity contribution in [2.45, 2.75) is 13.0 Å². The van der Waals surface area contributed by atoms with Gasteiger partial charge in [0.05, 0.1) is 29.2 Å². The zero-order chi connectivity index (χ0) is 32.6. The Balaban J connectivity index is 1.68. The number of hydrogen-bond donors (Lipinski definition) is 3. The standard InChI is InChI=1S/C32H28F2N4O6S/c1-17(18-5-9-20(33)10-6-18)36-32(41)29-26(39)14-13-24(37-29)22-15-23-27(16-25(22)38(3)45(4,42)43)44-30(28(23)31(40)35-2)19-7-11-21(34)12-8-19/h5-17,39H,1-4H3,(H,35,40)(H,36,41). The van der Waals surface area contributed by atoms with Crippen molar-refractivity contribution in [3.8, 4) is 28.3 Å². The summed E-state index contributed by atoms with van der Waals surface area (Å²) in [6, 6.07) is 15.9. The average molecular weight is 635 g/mol. The van der Waals surface area contributed by atoms with Gasteiger partial charge in [-0.15, -0.1) is 0 Å². The van der Waals surface area contributed by atoms with E-state index in [2.05, 4.69) is 15.6 Å². The molecule has 3 N–H and O–H groups in total. The van der Waals surface area contributed by atoms with E-state index in [0.29, 0.717) is 16.5 Å². The minimum absolute atomic E-state index is 0.104.